The van der Waals surface area contributed by atoms with Crippen molar-refractivity contribution in [2.45, 2.75) is 6.42 Å². The number of nitrogens with two attached hydrogens (primary N) is 1. The molecule has 0 saturated heterocycles. The second kappa shape index (κ2) is 2.98. The molecule has 2 rings (SSSR count). The fourth-order valence-corrected chi connectivity index (χ4v) is 1.47. The number of phenols is 1. The lowest BCUT2D eigenvalue weighted by molar-refractivity contribution is 0.470. The Balaban J connectivity index is 2.92. The van der Waals surface area contributed by atoms with Crippen LogP contribution in [0.3, 0.4) is 0 Å². The number of allylic oxidation sites excluding steroid dienone is 2. The monoisotopic (exact) mass is 173 g/mol. The second-order valence-corrected chi connectivity index (χ2v) is 3.04. The molecule has 0 unspecified atom stereocenters. The molecule has 0 saturated carbocycles. The predicted octanol–water partition coefficient (Wildman–Crippen LogP) is 0.495. The summed E-state index contributed by atoms with van der Waals surface area (Å²) in [7, 11) is 0. The third-order valence-corrected chi connectivity index (χ3v) is 2.15. The van der Waals surface area contributed by atoms with Crippen molar-refractivity contribution >= 4 is 17.8 Å². The van der Waals surface area contributed by atoms with Crippen molar-refractivity contribution in [1.29, 1.82) is 0 Å². The zero-order chi connectivity index (χ0) is 9.26. The van der Waals surface area contributed by atoms with Gasteiger partial charge in [-0.3, -0.25) is 0 Å². The van der Waals surface area contributed by atoms with Crippen LogP contribution in [0, 0.1) is 0 Å². The van der Waals surface area contributed by atoms with E-state index < -0.39 is 0 Å². The Kier molecular flexibility index (Phi) is 1.81. The quantitative estimate of drug-likeness (QED) is 0.443. The first-order valence-electron chi connectivity index (χ1n) is 4.23. The van der Waals surface area contributed by atoms with E-state index in [9.17, 15) is 5.11 Å². The van der Waals surface area contributed by atoms with Gasteiger partial charge in [0.25, 0.3) is 0 Å². The number of phenolic OH excluding ortho intramolecular Hbond substituents is 1. The number of aromatic hydroxyl groups is 1. The fraction of sp³-hybridized carbons (Fsp3) is 0.0909. The zero-order valence-corrected chi connectivity index (χ0v) is 7.20. The Morgan fingerprint density at radius 1 is 1.23 bits per heavy atom. The highest BCUT2D eigenvalue weighted by Gasteiger charge is 1.98. The standard InChI is InChI=1S/C11H11NO/c12-10-6-7-11(13)9-5-3-1-2-4-8(9)10/h1-2,4-7,13H,3,12H2. The summed E-state index contributed by atoms with van der Waals surface area (Å²) >= 11 is 0. The molecule has 1 aromatic rings. The minimum absolute atomic E-state index is 0.296. The molecule has 0 spiro atoms. The fourth-order valence-electron chi connectivity index (χ4n) is 1.47. The molecule has 1 aromatic carbocycles. The van der Waals surface area contributed by atoms with Crippen molar-refractivity contribution in [3.8, 4) is 5.75 Å². The first kappa shape index (κ1) is 7.92. The Morgan fingerprint density at radius 2 is 2.08 bits per heavy atom. The summed E-state index contributed by atoms with van der Waals surface area (Å²) in [6.45, 7) is 0. The van der Waals surface area contributed by atoms with Crippen LogP contribution in [0.4, 0.5) is 5.69 Å². The maximum absolute atomic E-state index is 9.57. The van der Waals surface area contributed by atoms with Crippen molar-refractivity contribution in [3.63, 3.8) is 0 Å². The van der Waals surface area contributed by atoms with Gasteiger partial charge in [0, 0.05) is 16.1 Å². The predicted molar refractivity (Wildman–Crippen MR) is 54.5 cm³/mol. The molecule has 0 radical (unpaired) electrons. The first-order chi connectivity index (χ1) is 6.29. The lowest BCUT2D eigenvalue weighted by Crippen LogP contribution is -2.27. The first-order valence-corrected chi connectivity index (χ1v) is 4.23. The molecule has 13 heavy (non-hydrogen) atoms. The Morgan fingerprint density at radius 3 is 2.92 bits per heavy atom. The van der Waals surface area contributed by atoms with Crippen LogP contribution >= 0.6 is 0 Å². The van der Waals surface area contributed by atoms with Crippen molar-refractivity contribution in [2.24, 2.45) is 0 Å². The van der Waals surface area contributed by atoms with E-state index in [-0.39, 0.29) is 0 Å². The van der Waals surface area contributed by atoms with E-state index in [1.807, 2.05) is 24.3 Å². The Labute approximate surface area is 76.3 Å². The molecule has 0 atom stereocenters. The SMILES string of the molecule is Nc1ccc(O)c2c1=CC=CCC=2. The molecule has 0 bridgehead atoms. The molecular formula is C11H11NO. The lowest BCUT2D eigenvalue weighted by Gasteiger charge is -1.98. The highest BCUT2D eigenvalue weighted by Crippen LogP contribution is 2.02. The summed E-state index contributed by atoms with van der Waals surface area (Å²) < 4.78 is 0. The average molecular weight is 173 g/mol. The number of benzene rings is 1. The second-order valence-electron chi connectivity index (χ2n) is 3.04. The van der Waals surface area contributed by atoms with E-state index in [1.54, 1.807) is 12.1 Å². The van der Waals surface area contributed by atoms with Gasteiger partial charge in [-0.2, -0.15) is 0 Å². The summed E-state index contributed by atoms with van der Waals surface area (Å²) in [5.41, 5.74) is 6.49. The number of fused-ring (bicyclic) bond motifs is 1. The maximum Gasteiger partial charge on any atom is 0.123 e. The zero-order valence-electron chi connectivity index (χ0n) is 7.20. The van der Waals surface area contributed by atoms with E-state index in [0.29, 0.717) is 11.4 Å². The van der Waals surface area contributed by atoms with Gasteiger partial charge in [0.15, 0.2) is 0 Å². The van der Waals surface area contributed by atoms with E-state index >= 15 is 0 Å². The molecule has 2 nitrogen and oxygen atoms in total. The summed E-state index contributed by atoms with van der Waals surface area (Å²) in [4.78, 5) is 0. The van der Waals surface area contributed by atoms with Gasteiger partial charge >= 0.3 is 0 Å². The molecule has 0 aliphatic heterocycles. The van der Waals surface area contributed by atoms with Crippen LogP contribution in [-0.2, 0) is 0 Å². The normalized spacial score (nSPS) is 13.8. The summed E-state index contributed by atoms with van der Waals surface area (Å²) in [6, 6.07) is 3.35. The van der Waals surface area contributed by atoms with Gasteiger partial charge in [-0.1, -0.05) is 24.3 Å². The van der Waals surface area contributed by atoms with Crippen molar-refractivity contribution in [3.05, 3.63) is 34.7 Å². The highest BCUT2D eigenvalue weighted by atomic mass is 16.3. The number of hydrogen-bond acceptors (Lipinski definition) is 2. The third kappa shape index (κ3) is 1.31. The molecule has 0 amide bonds. The van der Waals surface area contributed by atoms with Gasteiger partial charge in [-0.25, -0.2) is 0 Å². The van der Waals surface area contributed by atoms with Crippen LogP contribution in [0.5, 0.6) is 5.75 Å². The maximum atomic E-state index is 9.57. The summed E-state index contributed by atoms with van der Waals surface area (Å²) in [5, 5.41) is 11.3. The van der Waals surface area contributed by atoms with Crippen LogP contribution < -0.4 is 16.2 Å². The minimum atomic E-state index is 0.296. The number of rotatable bonds is 0. The summed E-state index contributed by atoms with van der Waals surface area (Å²) in [5.74, 6) is 0.296. The van der Waals surface area contributed by atoms with Crippen molar-refractivity contribution in [2.75, 3.05) is 5.73 Å². The van der Waals surface area contributed by atoms with Gasteiger partial charge in [0.1, 0.15) is 5.75 Å². The molecule has 2 heteroatoms. The molecule has 1 aliphatic rings. The van der Waals surface area contributed by atoms with Crippen LogP contribution in [-0.4, -0.2) is 5.11 Å². The minimum Gasteiger partial charge on any atom is -0.507 e. The highest BCUT2D eigenvalue weighted by molar-refractivity contribution is 5.56. The summed E-state index contributed by atoms with van der Waals surface area (Å²) in [6.07, 6.45) is 8.71. The van der Waals surface area contributed by atoms with Crippen LogP contribution in [0.15, 0.2) is 24.3 Å². The Hall–Kier alpha value is -1.70. The Bertz CT molecular complexity index is 472. The van der Waals surface area contributed by atoms with Gasteiger partial charge in [0.2, 0.25) is 0 Å². The molecular weight excluding hydrogens is 162 g/mol. The van der Waals surface area contributed by atoms with E-state index in [4.69, 9.17) is 5.73 Å². The van der Waals surface area contributed by atoms with Gasteiger partial charge in [-0.05, 0) is 18.6 Å². The smallest absolute Gasteiger partial charge is 0.123 e. The number of anilines is 1. The number of nitrogen functional groups attached to an aromatic ring is 1. The van der Waals surface area contributed by atoms with Gasteiger partial charge in [0.05, 0.1) is 0 Å². The van der Waals surface area contributed by atoms with Crippen LogP contribution in [0.2, 0.25) is 0 Å². The van der Waals surface area contributed by atoms with Crippen LogP contribution in [0.25, 0.3) is 12.2 Å². The van der Waals surface area contributed by atoms with Crippen molar-refractivity contribution in [1.82, 2.24) is 0 Å². The molecule has 3 N–H and O–H groups in total. The third-order valence-electron chi connectivity index (χ3n) is 2.15. The lowest BCUT2D eigenvalue weighted by atomic mass is 10.2. The van der Waals surface area contributed by atoms with Crippen molar-refractivity contribution < 1.29 is 5.11 Å². The van der Waals surface area contributed by atoms with Gasteiger partial charge in [-0.15, -0.1) is 0 Å². The molecule has 0 fully saturated rings. The number of hydrogen-bond donors (Lipinski definition) is 2. The van der Waals surface area contributed by atoms with E-state index in [0.717, 1.165) is 16.9 Å². The average Bonchev–Trinajstić information content (AvgIpc) is 2.37. The topological polar surface area (TPSA) is 46.2 Å². The molecule has 0 heterocycles. The molecule has 66 valence electrons. The molecule has 1 aliphatic carbocycles. The van der Waals surface area contributed by atoms with E-state index in [1.165, 1.54) is 0 Å². The molecule has 0 aromatic heterocycles. The van der Waals surface area contributed by atoms with Crippen LogP contribution in [0.1, 0.15) is 6.42 Å². The van der Waals surface area contributed by atoms with Gasteiger partial charge < -0.3 is 10.8 Å². The largest absolute Gasteiger partial charge is 0.507 e. The van der Waals surface area contributed by atoms with E-state index in [2.05, 4.69) is 0 Å².